The number of amides is 1. The van der Waals surface area contributed by atoms with E-state index in [-0.39, 0.29) is 24.4 Å². The van der Waals surface area contributed by atoms with Crippen molar-refractivity contribution in [3.63, 3.8) is 0 Å². The lowest BCUT2D eigenvalue weighted by molar-refractivity contribution is 0.0930. The maximum absolute atomic E-state index is 12.5. The summed E-state index contributed by atoms with van der Waals surface area (Å²) in [5, 5.41) is 6.91. The maximum Gasteiger partial charge on any atom is 0.271 e. The molecule has 1 amide bonds. The maximum atomic E-state index is 12.5. The molecular weight excluding hydrogens is 372 g/mol. The van der Waals surface area contributed by atoms with Gasteiger partial charge in [-0.05, 0) is 25.7 Å². The minimum absolute atomic E-state index is 0.00103. The van der Waals surface area contributed by atoms with Gasteiger partial charge in [0.1, 0.15) is 5.69 Å². The molecule has 0 spiro atoms. The highest BCUT2D eigenvalue weighted by molar-refractivity contribution is 7.88. The van der Waals surface area contributed by atoms with Crippen LogP contribution in [0.2, 0.25) is 0 Å². The van der Waals surface area contributed by atoms with Crippen LogP contribution in [0.3, 0.4) is 0 Å². The number of imidazole rings is 1. The van der Waals surface area contributed by atoms with E-state index in [9.17, 15) is 13.2 Å². The number of carbonyl (C=O) groups excluding carboxylic acids is 1. The molecule has 0 aromatic carbocycles. The average Bonchev–Trinajstić information content (AvgIpc) is 3.29. The number of rotatable bonds is 4. The van der Waals surface area contributed by atoms with Crippen molar-refractivity contribution < 1.29 is 17.7 Å². The molecule has 1 aliphatic carbocycles. The Kier molecular flexibility index (Phi) is 4.11. The van der Waals surface area contributed by atoms with Gasteiger partial charge in [0.25, 0.3) is 5.91 Å². The van der Waals surface area contributed by atoms with Gasteiger partial charge in [-0.25, -0.2) is 17.7 Å². The Labute approximate surface area is 157 Å². The lowest BCUT2D eigenvalue weighted by Crippen LogP contribution is -2.39. The van der Waals surface area contributed by atoms with Gasteiger partial charge >= 0.3 is 0 Å². The van der Waals surface area contributed by atoms with E-state index in [1.54, 1.807) is 31.1 Å². The Morgan fingerprint density at radius 2 is 2.22 bits per heavy atom. The molecule has 1 aliphatic heterocycles. The molecule has 1 saturated carbocycles. The molecule has 3 heterocycles. The molecule has 2 aliphatic rings. The summed E-state index contributed by atoms with van der Waals surface area (Å²) in [6, 6.07) is -0.113. The van der Waals surface area contributed by atoms with E-state index in [4.69, 9.17) is 4.52 Å². The predicted octanol–water partition coefficient (Wildman–Crippen LogP) is -0.167. The monoisotopic (exact) mass is 394 g/mol. The molecule has 27 heavy (non-hydrogen) atoms. The van der Waals surface area contributed by atoms with Crippen molar-refractivity contribution in [3.05, 3.63) is 29.9 Å². The third-order valence-corrected chi connectivity index (χ3v) is 6.76. The van der Waals surface area contributed by atoms with Crippen molar-refractivity contribution in [3.8, 4) is 0 Å². The number of sulfonamides is 1. The average molecular weight is 394 g/mol. The van der Waals surface area contributed by atoms with Gasteiger partial charge in [0.05, 0.1) is 18.0 Å². The van der Waals surface area contributed by atoms with Crippen LogP contribution in [0, 0.1) is 12.8 Å². The van der Waals surface area contributed by atoms with Gasteiger partial charge in [-0.3, -0.25) is 4.79 Å². The van der Waals surface area contributed by atoms with Crippen LogP contribution in [0.15, 0.2) is 17.0 Å². The van der Waals surface area contributed by atoms with Gasteiger partial charge in [0.15, 0.2) is 5.82 Å². The van der Waals surface area contributed by atoms with Gasteiger partial charge < -0.3 is 14.4 Å². The summed E-state index contributed by atoms with van der Waals surface area (Å²) in [5.74, 6) is 0.723. The Balaban J connectivity index is 1.58. The highest BCUT2D eigenvalue weighted by atomic mass is 32.2. The zero-order chi connectivity index (χ0) is 19.4. The summed E-state index contributed by atoms with van der Waals surface area (Å²) in [5.41, 5.74) is -0.220. The van der Waals surface area contributed by atoms with Gasteiger partial charge in [-0.2, -0.15) is 4.98 Å². The molecule has 2 aromatic heterocycles. The van der Waals surface area contributed by atoms with E-state index in [1.807, 2.05) is 0 Å². The third kappa shape index (κ3) is 3.14. The molecule has 4 rings (SSSR count). The second-order valence-corrected chi connectivity index (χ2v) is 9.57. The summed E-state index contributed by atoms with van der Waals surface area (Å²) in [6.45, 7) is 2.40. The molecule has 2 fully saturated rings. The lowest BCUT2D eigenvalue weighted by Gasteiger charge is -2.24. The van der Waals surface area contributed by atoms with Gasteiger partial charge in [-0.1, -0.05) is 5.16 Å². The Morgan fingerprint density at radius 1 is 1.44 bits per heavy atom. The van der Waals surface area contributed by atoms with Crippen molar-refractivity contribution in [1.82, 2.24) is 29.3 Å². The molecule has 3 unspecified atom stereocenters. The zero-order valence-corrected chi connectivity index (χ0v) is 16.2. The standard InChI is InChI=1S/C16H22N6O4S/c1-10-18-15(26-20-10)16-5-12(19-14(23)13-7-21(2)9-17-13)4-11(16)6-22(8-16)27(3,24)25/h7,9,11-12H,4-6,8H2,1-3H3,(H,19,23). The van der Waals surface area contributed by atoms with Crippen molar-refractivity contribution >= 4 is 15.9 Å². The fourth-order valence-corrected chi connectivity index (χ4v) is 5.22. The van der Waals surface area contributed by atoms with Crippen LogP contribution in [0.5, 0.6) is 0 Å². The molecule has 2 aromatic rings. The summed E-state index contributed by atoms with van der Waals surface area (Å²) in [4.78, 5) is 20.9. The molecule has 11 heteroatoms. The van der Waals surface area contributed by atoms with Gasteiger partial charge in [0, 0.05) is 32.4 Å². The first-order chi connectivity index (χ1) is 12.7. The van der Waals surface area contributed by atoms with Crippen LogP contribution in [0.1, 0.15) is 35.0 Å². The molecule has 0 bridgehead atoms. The predicted molar refractivity (Wildman–Crippen MR) is 94.3 cm³/mol. The number of carbonyl (C=O) groups is 1. The fourth-order valence-electron chi connectivity index (χ4n) is 4.31. The minimum atomic E-state index is -3.32. The number of nitrogens with zero attached hydrogens (tertiary/aromatic N) is 5. The van der Waals surface area contributed by atoms with Crippen molar-refractivity contribution in [1.29, 1.82) is 0 Å². The van der Waals surface area contributed by atoms with E-state index in [1.165, 1.54) is 10.6 Å². The number of nitrogens with one attached hydrogen (secondary N) is 1. The quantitative estimate of drug-likeness (QED) is 0.764. The second-order valence-electron chi connectivity index (χ2n) is 7.59. The largest absolute Gasteiger partial charge is 0.348 e. The lowest BCUT2D eigenvalue weighted by atomic mass is 9.80. The van der Waals surface area contributed by atoms with Crippen molar-refractivity contribution in [2.45, 2.75) is 31.2 Å². The summed E-state index contributed by atoms with van der Waals surface area (Å²) >= 11 is 0. The highest BCUT2D eigenvalue weighted by Crippen LogP contribution is 2.50. The minimum Gasteiger partial charge on any atom is -0.348 e. The van der Waals surface area contributed by atoms with E-state index in [0.29, 0.717) is 36.8 Å². The van der Waals surface area contributed by atoms with E-state index in [0.717, 1.165) is 0 Å². The fraction of sp³-hybridized carbons (Fsp3) is 0.625. The SMILES string of the molecule is Cc1noc(C23CC(NC(=O)c4cn(C)cn4)CC2CN(S(C)(=O)=O)C3)n1. The molecule has 0 radical (unpaired) electrons. The number of aromatic nitrogens is 4. The van der Waals surface area contributed by atoms with Crippen LogP contribution < -0.4 is 5.32 Å². The van der Waals surface area contributed by atoms with E-state index >= 15 is 0 Å². The van der Waals surface area contributed by atoms with Gasteiger partial charge in [0.2, 0.25) is 15.9 Å². The summed E-state index contributed by atoms with van der Waals surface area (Å²) in [7, 11) is -1.52. The van der Waals surface area contributed by atoms with Gasteiger partial charge in [-0.15, -0.1) is 0 Å². The van der Waals surface area contributed by atoms with Crippen LogP contribution in [-0.2, 0) is 22.5 Å². The van der Waals surface area contributed by atoms with E-state index < -0.39 is 15.4 Å². The Bertz CT molecular complexity index is 983. The van der Waals surface area contributed by atoms with Crippen molar-refractivity contribution in [2.24, 2.45) is 13.0 Å². The number of hydrogen-bond acceptors (Lipinski definition) is 7. The molecule has 146 valence electrons. The smallest absolute Gasteiger partial charge is 0.271 e. The van der Waals surface area contributed by atoms with E-state index in [2.05, 4.69) is 20.4 Å². The van der Waals surface area contributed by atoms with Crippen LogP contribution in [-0.4, -0.2) is 63.7 Å². The topological polar surface area (TPSA) is 123 Å². The van der Waals surface area contributed by atoms with Crippen LogP contribution in [0.4, 0.5) is 0 Å². The normalized spacial score (nSPS) is 28.4. The first-order valence-electron chi connectivity index (χ1n) is 8.72. The highest BCUT2D eigenvalue weighted by Gasteiger charge is 2.59. The number of hydrogen-bond donors (Lipinski definition) is 1. The first-order valence-corrected chi connectivity index (χ1v) is 10.6. The number of fused-ring (bicyclic) bond motifs is 1. The summed E-state index contributed by atoms with van der Waals surface area (Å²) in [6.07, 6.45) is 5.63. The molecular formula is C16H22N6O4S. The second kappa shape index (κ2) is 6.13. The molecule has 1 saturated heterocycles. The summed E-state index contributed by atoms with van der Waals surface area (Å²) < 4.78 is 32.8. The van der Waals surface area contributed by atoms with Crippen LogP contribution in [0.25, 0.3) is 0 Å². The molecule has 1 N–H and O–H groups in total. The van der Waals surface area contributed by atoms with Crippen LogP contribution >= 0.6 is 0 Å². The molecule has 3 atom stereocenters. The van der Waals surface area contributed by atoms with Crippen molar-refractivity contribution in [2.75, 3.05) is 19.3 Å². The number of aryl methyl sites for hydroxylation is 2. The Morgan fingerprint density at radius 3 is 2.81 bits per heavy atom. The Hall–Kier alpha value is -2.27. The third-order valence-electron chi connectivity index (χ3n) is 5.54. The molecule has 10 nitrogen and oxygen atoms in total. The first kappa shape index (κ1) is 18.1. The zero-order valence-electron chi connectivity index (χ0n) is 15.4.